The maximum absolute atomic E-state index is 12.2. The Kier molecular flexibility index (Phi) is 5.39. The predicted molar refractivity (Wildman–Crippen MR) is 32.3 cm³/mol. The van der Waals surface area contributed by atoms with Gasteiger partial charge in [0.2, 0.25) is 0 Å². The lowest BCUT2D eigenvalue weighted by atomic mass is 10.2. The Bertz CT molecular complexity index is 79.4. The van der Waals surface area contributed by atoms with Crippen molar-refractivity contribution < 1.29 is 17.9 Å². The minimum absolute atomic E-state index is 0.203. The molecule has 62 valence electrons. The van der Waals surface area contributed by atoms with Crippen molar-refractivity contribution in [1.29, 1.82) is 0 Å². The van der Waals surface area contributed by atoms with E-state index in [1.54, 1.807) is 6.92 Å². The second kappa shape index (κ2) is 5.53. The van der Waals surface area contributed by atoms with E-state index in [4.69, 9.17) is 0 Å². The van der Waals surface area contributed by atoms with Crippen LogP contribution in [0.15, 0.2) is 0 Å². The molecule has 0 amide bonds. The Morgan fingerprint density at radius 1 is 1.30 bits per heavy atom. The van der Waals surface area contributed by atoms with Gasteiger partial charge in [0.05, 0.1) is 0 Å². The zero-order valence-electron chi connectivity index (χ0n) is 5.82. The average molecular weight is 156 g/mol. The van der Waals surface area contributed by atoms with Gasteiger partial charge in [0.15, 0.2) is 6.17 Å². The molecule has 1 nitrogen and oxygen atoms in total. The standard InChI is InChI=1S/C6H11F3O/c1-2-10-6(4-8)5(9)3-7/h5-6H,2-4H2,1H3. The molecule has 0 heterocycles. The van der Waals surface area contributed by atoms with Gasteiger partial charge in [0.1, 0.15) is 19.5 Å². The van der Waals surface area contributed by atoms with Crippen LogP contribution in [0.3, 0.4) is 0 Å². The molecule has 0 fully saturated rings. The molecule has 10 heavy (non-hydrogen) atoms. The van der Waals surface area contributed by atoms with Crippen molar-refractivity contribution in [3.05, 3.63) is 0 Å². The van der Waals surface area contributed by atoms with Gasteiger partial charge in [0, 0.05) is 6.61 Å². The van der Waals surface area contributed by atoms with Crippen molar-refractivity contribution in [3.63, 3.8) is 0 Å². The Hall–Kier alpha value is -0.250. The molecule has 0 rings (SSSR count). The smallest absolute Gasteiger partial charge is 0.157 e. The van der Waals surface area contributed by atoms with Gasteiger partial charge >= 0.3 is 0 Å². The minimum Gasteiger partial charge on any atom is -0.373 e. The van der Waals surface area contributed by atoms with E-state index in [0.29, 0.717) is 0 Å². The van der Waals surface area contributed by atoms with Crippen LogP contribution in [-0.4, -0.2) is 32.2 Å². The number of hydrogen-bond donors (Lipinski definition) is 0. The molecular weight excluding hydrogens is 145 g/mol. The molecule has 2 unspecified atom stereocenters. The van der Waals surface area contributed by atoms with Gasteiger partial charge in [-0.15, -0.1) is 0 Å². The molecule has 0 aliphatic rings. The molecule has 0 spiro atoms. The lowest BCUT2D eigenvalue weighted by Crippen LogP contribution is -2.29. The van der Waals surface area contributed by atoms with E-state index in [2.05, 4.69) is 4.74 Å². The number of ether oxygens (including phenoxy) is 1. The molecule has 0 aromatic rings. The molecule has 0 aliphatic carbocycles. The van der Waals surface area contributed by atoms with Crippen LogP contribution in [-0.2, 0) is 4.74 Å². The van der Waals surface area contributed by atoms with Crippen LogP contribution in [0.2, 0.25) is 0 Å². The van der Waals surface area contributed by atoms with Gasteiger partial charge in [-0.1, -0.05) is 0 Å². The molecule has 0 aliphatic heterocycles. The maximum Gasteiger partial charge on any atom is 0.157 e. The molecule has 2 atom stereocenters. The summed E-state index contributed by atoms with van der Waals surface area (Å²) in [6.07, 6.45) is -3.06. The second-order valence-electron chi connectivity index (χ2n) is 1.82. The van der Waals surface area contributed by atoms with E-state index in [1.165, 1.54) is 0 Å². The quantitative estimate of drug-likeness (QED) is 0.588. The average Bonchev–Trinajstić information content (AvgIpc) is 1.99. The summed E-state index contributed by atoms with van der Waals surface area (Å²) >= 11 is 0. The van der Waals surface area contributed by atoms with Crippen LogP contribution in [0.5, 0.6) is 0 Å². The summed E-state index contributed by atoms with van der Waals surface area (Å²) in [5.74, 6) is 0. The summed E-state index contributed by atoms with van der Waals surface area (Å²) in [7, 11) is 0. The van der Waals surface area contributed by atoms with Crippen LogP contribution in [0, 0.1) is 0 Å². The normalized spacial score (nSPS) is 16.8. The highest BCUT2D eigenvalue weighted by Gasteiger charge is 2.20. The zero-order chi connectivity index (χ0) is 7.98. The molecule has 0 saturated carbocycles. The van der Waals surface area contributed by atoms with Crippen LogP contribution in [0.25, 0.3) is 0 Å². The largest absolute Gasteiger partial charge is 0.373 e. The predicted octanol–water partition coefficient (Wildman–Crippen LogP) is 1.67. The fourth-order valence-electron chi connectivity index (χ4n) is 0.559. The summed E-state index contributed by atoms with van der Waals surface area (Å²) in [5, 5.41) is 0. The first kappa shape index (κ1) is 9.75. The lowest BCUT2D eigenvalue weighted by Gasteiger charge is -2.14. The van der Waals surface area contributed by atoms with Gasteiger partial charge in [-0.2, -0.15) is 0 Å². The molecule has 4 heteroatoms. The summed E-state index contributed by atoms with van der Waals surface area (Å²) in [5.41, 5.74) is 0. The van der Waals surface area contributed by atoms with Gasteiger partial charge in [-0.25, -0.2) is 13.2 Å². The maximum atomic E-state index is 12.2. The topological polar surface area (TPSA) is 9.23 Å². The number of alkyl halides is 3. The third-order valence-corrected chi connectivity index (χ3v) is 1.08. The van der Waals surface area contributed by atoms with Crippen molar-refractivity contribution in [2.24, 2.45) is 0 Å². The molecule has 0 saturated heterocycles. The van der Waals surface area contributed by atoms with Gasteiger partial charge < -0.3 is 4.74 Å². The highest BCUT2D eigenvalue weighted by atomic mass is 19.2. The summed E-state index contributed by atoms with van der Waals surface area (Å²) in [6, 6.07) is 0. The van der Waals surface area contributed by atoms with E-state index in [-0.39, 0.29) is 6.61 Å². The molecule has 0 aromatic carbocycles. The van der Waals surface area contributed by atoms with Crippen LogP contribution < -0.4 is 0 Å². The zero-order valence-corrected chi connectivity index (χ0v) is 5.82. The second-order valence-corrected chi connectivity index (χ2v) is 1.82. The first-order valence-electron chi connectivity index (χ1n) is 3.13. The first-order valence-corrected chi connectivity index (χ1v) is 3.13. The van der Waals surface area contributed by atoms with Crippen LogP contribution >= 0.6 is 0 Å². The summed E-state index contributed by atoms with van der Waals surface area (Å²) < 4.78 is 40.1. The molecule has 0 bridgehead atoms. The first-order chi connectivity index (χ1) is 4.76. The van der Waals surface area contributed by atoms with Crippen molar-refractivity contribution in [2.75, 3.05) is 20.0 Å². The Labute approximate surface area is 58.2 Å². The monoisotopic (exact) mass is 156 g/mol. The fourth-order valence-corrected chi connectivity index (χ4v) is 0.559. The third-order valence-electron chi connectivity index (χ3n) is 1.08. The van der Waals surface area contributed by atoms with Gasteiger partial charge in [-0.05, 0) is 6.92 Å². The van der Waals surface area contributed by atoms with E-state index in [0.717, 1.165) is 0 Å². The van der Waals surface area contributed by atoms with Gasteiger partial charge in [-0.3, -0.25) is 0 Å². The van der Waals surface area contributed by atoms with Crippen LogP contribution in [0.1, 0.15) is 6.92 Å². The fraction of sp³-hybridized carbons (Fsp3) is 1.00. The van der Waals surface area contributed by atoms with Crippen molar-refractivity contribution in [2.45, 2.75) is 19.2 Å². The minimum atomic E-state index is -1.83. The van der Waals surface area contributed by atoms with Gasteiger partial charge in [0.25, 0.3) is 0 Å². The van der Waals surface area contributed by atoms with Crippen molar-refractivity contribution >= 4 is 0 Å². The number of rotatable bonds is 5. The van der Waals surface area contributed by atoms with Crippen molar-refractivity contribution in [1.82, 2.24) is 0 Å². The molecule has 0 N–H and O–H groups in total. The van der Waals surface area contributed by atoms with E-state index < -0.39 is 25.6 Å². The number of halogens is 3. The molecular formula is C6H11F3O. The Morgan fingerprint density at radius 2 is 1.90 bits per heavy atom. The Morgan fingerprint density at radius 3 is 2.20 bits per heavy atom. The highest BCUT2D eigenvalue weighted by Crippen LogP contribution is 2.05. The highest BCUT2D eigenvalue weighted by molar-refractivity contribution is 4.66. The third kappa shape index (κ3) is 3.06. The van der Waals surface area contributed by atoms with Crippen molar-refractivity contribution in [3.8, 4) is 0 Å². The lowest BCUT2D eigenvalue weighted by molar-refractivity contribution is -0.0173. The van der Waals surface area contributed by atoms with E-state index >= 15 is 0 Å². The van der Waals surface area contributed by atoms with E-state index in [1.807, 2.05) is 0 Å². The van der Waals surface area contributed by atoms with E-state index in [9.17, 15) is 13.2 Å². The molecule has 0 radical (unpaired) electrons. The molecule has 0 aromatic heterocycles. The van der Waals surface area contributed by atoms with Crippen LogP contribution in [0.4, 0.5) is 13.2 Å². The Balaban J connectivity index is 3.56. The summed E-state index contributed by atoms with van der Waals surface area (Å²) in [4.78, 5) is 0. The summed E-state index contributed by atoms with van der Waals surface area (Å²) in [6.45, 7) is -0.351. The number of hydrogen-bond acceptors (Lipinski definition) is 1. The SMILES string of the molecule is CCOC(CF)C(F)CF.